The van der Waals surface area contributed by atoms with Crippen LogP contribution >= 0.6 is 27.5 Å². The molecule has 33 heavy (non-hydrogen) atoms. The molecule has 2 heterocycles. The van der Waals surface area contributed by atoms with Crippen LogP contribution in [0.3, 0.4) is 0 Å². The number of carbonyl (C=O) groups is 2. The number of ether oxygens (including phenoxy) is 1. The molecule has 1 aliphatic heterocycles. The van der Waals surface area contributed by atoms with Crippen molar-refractivity contribution in [2.24, 2.45) is 0 Å². The molecule has 0 aliphatic carbocycles. The molecule has 0 saturated carbocycles. The lowest BCUT2D eigenvalue weighted by Gasteiger charge is -2.36. The van der Waals surface area contributed by atoms with Crippen LogP contribution in [0.1, 0.15) is 23.8 Å². The zero-order chi connectivity index (χ0) is 23.4. The van der Waals surface area contributed by atoms with Gasteiger partial charge in [-0.1, -0.05) is 33.6 Å². The number of esters is 1. The normalized spacial score (nSPS) is 14.5. The number of aromatic nitrogens is 1. The van der Waals surface area contributed by atoms with E-state index in [2.05, 4.69) is 42.1 Å². The minimum atomic E-state index is -0.489. The Bertz CT molecular complexity index is 1160. The molecule has 1 aromatic heterocycles. The van der Waals surface area contributed by atoms with Crippen molar-refractivity contribution in [2.75, 3.05) is 49.5 Å². The highest BCUT2D eigenvalue weighted by molar-refractivity contribution is 9.10. The Labute approximate surface area is 206 Å². The van der Waals surface area contributed by atoms with Crippen LogP contribution in [0.15, 0.2) is 46.9 Å². The topological polar surface area (TPSA) is 77.7 Å². The maximum atomic E-state index is 12.8. The van der Waals surface area contributed by atoms with E-state index in [0.717, 1.165) is 52.3 Å². The number of anilines is 2. The average Bonchev–Trinajstić information content (AvgIpc) is 3.16. The van der Waals surface area contributed by atoms with Gasteiger partial charge in [-0.2, -0.15) is 0 Å². The number of fused-ring (bicyclic) bond motifs is 1. The molecule has 2 N–H and O–H groups in total. The van der Waals surface area contributed by atoms with Gasteiger partial charge in [0.15, 0.2) is 0 Å². The second kappa shape index (κ2) is 10.6. The molecule has 3 aromatic rings. The molecule has 0 bridgehead atoms. The van der Waals surface area contributed by atoms with Crippen LogP contribution in [0, 0.1) is 0 Å². The fourth-order valence-corrected chi connectivity index (χ4v) is 4.56. The quantitative estimate of drug-likeness (QED) is 0.422. The van der Waals surface area contributed by atoms with Gasteiger partial charge in [-0.15, -0.1) is 0 Å². The smallest absolute Gasteiger partial charge is 0.356 e. The van der Waals surface area contributed by atoms with Crippen LogP contribution in [0.25, 0.3) is 10.9 Å². The highest BCUT2D eigenvalue weighted by Crippen LogP contribution is 2.31. The van der Waals surface area contributed by atoms with Gasteiger partial charge in [0.25, 0.3) is 0 Å². The highest BCUT2D eigenvalue weighted by Gasteiger charge is 2.22. The van der Waals surface area contributed by atoms with Gasteiger partial charge in [0.1, 0.15) is 5.69 Å². The van der Waals surface area contributed by atoms with E-state index in [4.69, 9.17) is 16.3 Å². The lowest BCUT2D eigenvalue weighted by atomic mass is 10.2. The van der Waals surface area contributed by atoms with Crippen LogP contribution in [-0.2, 0) is 9.53 Å². The van der Waals surface area contributed by atoms with Gasteiger partial charge >= 0.3 is 5.97 Å². The number of hydrogen-bond acceptors (Lipinski definition) is 5. The average molecular weight is 534 g/mol. The van der Waals surface area contributed by atoms with E-state index in [1.165, 1.54) is 0 Å². The Balaban J connectivity index is 1.37. The van der Waals surface area contributed by atoms with Crippen molar-refractivity contribution in [1.82, 2.24) is 9.88 Å². The first kappa shape index (κ1) is 23.6. The number of nitrogens with zero attached hydrogens (tertiary/aromatic N) is 2. The SMILES string of the molecule is CCOC(=O)c1[nH]c2ccc(Br)cc2c1NC(=O)CCN1CCN(c2cccc(Cl)c2)CC1. The summed E-state index contributed by atoms with van der Waals surface area (Å²) in [4.78, 5) is 32.9. The summed E-state index contributed by atoms with van der Waals surface area (Å²) in [6, 6.07) is 13.5. The number of halogens is 2. The van der Waals surface area contributed by atoms with E-state index in [0.29, 0.717) is 18.7 Å². The van der Waals surface area contributed by atoms with E-state index in [1.54, 1.807) is 6.92 Å². The third-order valence-corrected chi connectivity index (χ3v) is 6.43. The molecular weight excluding hydrogens is 508 g/mol. The van der Waals surface area contributed by atoms with Gasteiger partial charge in [0.2, 0.25) is 5.91 Å². The van der Waals surface area contributed by atoms with Crippen LogP contribution in [0.4, 0.5) is 11.4 Å². The lowest BCUT2D eigenvalue weighted by Crippen LogP contribution is -2.47. The summed E-state index contributed by atoms with van der Waals surface area (Å²) in [7, 11) is 0. The lowest BCUT2D eigenvalue weighted by molar-refractivity contribution is -0.116. The summed E-state index contributed by atoms with van der Waals surface area (Å²) in [5.74, 6) is -0.629. The standard InChI is InChI=1S/C24H26BrClN4O3/c1-2-33-24(32)23-22(19-14-16(25)6-7-20(19)27-23)28-21(31)8-9-29-10-12-30(13-11-29)18-5-3-4-17(26)15-18/h3-7,14-15,27H,2,8-13H2,1H3,(H,28,31). The van der Waals surface area contributed by atoms with Gasteiger partial charge in [-0.05, 0) is 43.3 Å². The maximum absolute atomic E-state index is 12.8. The molecule has 0 radical (unpaired) electrons. The zero-order valence-corrected chi connectivity index (χ0v) is 20.7. The minimum Gasteiger partial charge on any atom is -0.461 e. The number of amides is 1. The molecular formula is C24H26BrClN4O3. The molecule has 1 saturated heterocycles. The zero-order valence-electron chi connectivity index (χ0n) is 18.4. The number of benzene rings is 2. The first-order valence-electron chi connectivity index (χ1n) is 11.0. The van der Waals surface area contributed by atoms with Crippen molar-refractivity contribution >= 4 is 61.7 Å². The second-order valence-corrected chi connectivity index (χ2v) is 9.24. The molecule has 0 atom stereocenters. The van der Waals surface area contributed by atoms with E-state index < -0.39 is 5.97 Å². The van der Waals surface area contributed by atoms with Crippen molar-refractivity contribution < 1.29 is 14.3 Å². The molecule has 2 aromatic carbocycles. The molecule has 1 amide bonds. The minimum absolute atomic E-state index is 0.140. The third-order valence-electron chi connectivity index (χ3n) is 5.71. The number of rotatable bonds is 7. The number of hydrogen-bond donors (Lipinski definition) is 2. The summed E-state index contributed by atoms with van der Waals surface area (Å²) in [6.45, 7) is 6.16. The van der Waals surface area contributed by atoms with Crippen molar-refractivity contribution in [3.8, 4) is 0 Å². The van der Waals surface area contributed by atoms with E-state index in [9.17, 15) is 9.59 Å². The summed E-state index contributed by atoms with van der Waals surface area (Å²) in [5.41, 5.74) is 2.60. The molecule has 174 valence electrons. The Morgan fingerprint density at radius 3 is 2.67 bits per heavy atom. The summed E-state index contributed by atoms with van der Waals surface area (Å²) in [6.07, 6.45) is 0.333. The first-order valence-corrected chi connectivity index (χ1v) is 12.1. The third kappa shape index (κ3) is 5.69. The first-order chi connectivity index (χ1) is 15.9. The van der Waals surface area contributed by atoms with Gasteiger partial charge in [0.05, 0.1) is 12.3 Å². The van der Waals surface area contributed by atoms with Crippen LogP contribution in [0.2, 0.25) is 5.02 Å². The number of H-pyrrole nitrogens is 1. The Morgan fingerprint density at radius 2 is 1.94 bits per heavy atom. The van der Waals surface area contributed by atoms with E-state index >= 15 is 0 Å². The van der Waals surface area contributed by atoms with Crippen molar-refractivity contribution in [2.45, 2.75) is 13.3 Å². The van der Waals surface area contributed by atoms with Gasteiger partial charge in [0, 0.05) is 65.2 Å². The van der Waals surface area contributed by atoms with Crippen molar-refractivity contribution in [1.29, 1.82) is 0 Å². The van der Waals surface area contributed by atoms with Crippen molar-refractivity contribution in [3.05, 3.63) is 57.7 Å². The molecule has 0 spiro atoms. The van der Waals surface area contributed by atoms with Gasteiger partial charge in [-0.3, -0.25) is 9.69 Å². The molecule has 7 nitrogen and oxygen atoms in total. The Hall–Kier alpha value is -2.55. The fourth-order valence-electron chi connectivity index (χ4n) is 4.01. The molecule has 4 rings (SSSR count). The Morgan fingerprint density at radius 1 is 1.15 bits per heavy atom. The summed E-state index contributed by atoms with van der Waals surface area (Å²) < 4.78 is 6.02. The maximum Gasteiger partial charge on any atom is 0.356 e. The van der Waals surface area contributed by atoms with Gasteiger partial charge in [-0.25, -0.2) is 4.79 Å². The fraction of sp³-hybridized carbons (Fsp3) is 0.333. The predicted molar refractivity (Wildman–Crippen MR) is 135 cm³/mol. The van der Waals surface area contributed by atoms with Crippen molar-refractivity contribution in [3.63, 3.8) is 0 Å². The van der Waals surface area contributed by atoms with Crippen LogP contribution in [0.5, 0.6) is 0 Å². The monoisotopic (exact) mass is 532 g/mol. The predicted octanol–water partition coefficient (Wildman–Crippen LogP) is 4.91. The van der Waals surface area contributed by atoms with Gasteiger partial charge < -0.3 is 19.9 Å². The molecule has 0 unspecified atom stereocenters. The Kier molecular flexibility index (Phi) is 7.57. The summed E-state index contributed by atoms with van der Waals surface area (Å²) >= 11 is 9.57. The molecule has 9 heteroatoms. The van der Waals surface area contributed by atoms with Crippen LogP contribution in [-0.4, -0.2) is 61.1 Å². The number of piperazine rings is 1. The largest absolute Gasteiger partial charge is 0.461 e. The summed E-state index contributed by atoms with van der Waals surface area (Å²) in [5, 5.41) is 4.43. The number of carbonyl (C=O) groups excluding carboxylic acids is 2. The second-order valence-electron chi connectivity index (χ2n) is 7.89. The van der Waals surface area contributed by atoms with E-state index in [1.807, 2.05) is 36.4 Å². The molecule has 1 aliphatic rings. The number of nitrogens with one attached hydrogen (secondary N) is 2. The molecule has 1 fully saturated rings. The van der Waals surface area contributed by atoms with E-state index in [-0.39, 0.29) is 18.2 Å². The van der Waals surface area contributed by atoms with Crippen LogP contribution < -0.4 is 10.2 Å². The highest BCUT2D eigenvalue weighted by atomic mass is 79.9. The number of aromatic amines is 1.